The van der Waals surface area contributed by atoms with Gasteiger partial charge >= 0.3 is 0 Å². The Morgan fingerprint density at radius 2 is 1.50 bits per heavy atom. The summed E-state index contributed by atoms with van der Waals surface area (Å²) in [6.07, 6.45) is 6.69. The Hall–Kier alpha value is -0.780. The van der Waals surface area contributed by atoms with Gasteiger partial charge in [0.1, 0.15) is 0 Å². The fraction of sp³-hybridized carbons (Fsp3) is 0.571. The highest BCUT2D eigenvalue weighted by molar-refractivity contribution is 5.14. The first kappa shape index (κ1) is 13.2. The quantitative estimate of drug-likeness (QED) is 0.586. The molecule has 0 N–H and O–H groups in total. The zero-order valence-electron chi connectivity index (χ0n) is 9.92. The second kappa shape index (κ2) is 10.3. The van der Waals surface area contributed by atoms with Crippen LogP contribution >= 0.6 is 0 Å². The van der Waals surface area contributed by atoms with Crippen LogP contribution in [0.15, 0.2) is 30.3 Å². The molecule has 0 aliphatic heterocycles. The third kappa shape index (κ3) is 6.71. The highest BCUT2D eigenvalue weighted by Crippen LogP contribution is 2.06. The van der Waals surface area contributed by atoms with E-state index in [2.05, 4.69) is 37.3 Å². The molecular formula is C14H24. The topological polar surface area (TPSA) is 0 Å². The maximum atomic E-state index is 2.25. The lowest BCUT2D eigenvalue weighted by atomic mass is 10.1. The van der Waals surface area contributed by atoms with Crippen LogP contribution in [0, 0.1) is 0 Å². The van der Waals surface area contributed by atoms with Gasteiger partial charge in [-0.2, -0.15) is 0 Å². The molecule has 14 heavy (non-hydrogen) atoms. The molecule has 1 aromatic carbocycles. The highest BCUT2D eigenvalue weighted by atomic mass is 14.0. The van der Waals surface area contributed by atoms with E-state index in [4.69, 9.17) is 0 Å². The molecule has 0 fully saturated rings. The van der Waals surface area contributed by atoms with Crippen molar-refractivity contribution in [2.45, 2.75) is 52.9 Å². The van der Waals surface area contributed by atoms with Gasteiger partial charge in [-0.3, -0.25) is 0 Å². The Morgan fingerprint density at radius 3 is 2.07 bits per heavy atom. The summed E-state index contributed by atoms with van der Waals surface area (Å²) in [5.74, 6) is 0. The SMILES string of the molecule is CC.CCCCCCc1ccccc1. The van der Waals surface area contributed by atoms with E-state index in [1.54, 1.807) is 0 Å². The summed E-state index contributed by atoms with van der Waals surface area (Å²) in [5, 5.41) is 0. The molecule has 0 saturated heterocycles. The second-order valence-corrected chi connectivity index (χ2v) is 3.30. The van der Waals surface area contributed by atoms with Crippen LogP contribution in [0.3, 0.4) is 0 Å². The Bertz CT molecular complexity index is 188. The van der Waals surface area contributed by atoms with E-state index in [9.17, 15) is 0 Å². The molecule has 0 heteroatoms. The first-order valence-corrected chi connectivity index (χ1v) is 5.97. The van der Waals surface area contributed by atoms with Crippen molar-refractivity contribution in [3.63, 3.8) is 0 Å². The third-order valence-electron chi connectivity index (χ3n) is 2.16. The first-order valence-electron chi connectivity index (χ1n) is 5.97. The van der Waals surface area contributed by atoms with Gasteiger partial charge in [-0.05, 0) is 18.4 Å². The number of unbranched alkanes of at least 4 members (excludes halogenated alkanes) is 3. The fourth-order valence-electron chi connectivity index (χ4n) is 1.40. The minimum Gasteiger partial charge on any atom is -0.0683 e. The number of benzene rings is 1. The van der Waals surface area contributed by atoms with Crippen molar-refractivity contribution < 1.29 is 0 Å². The van der Waals surface area contributed by atoms with Crippen LogP contribution < -0.4 is 0 Å². The second-order valence-electron chi connectivity index (χ2n) is 3.30. The molecule has 0 unspecified atom stereocenters. The normalized spacial score (nSPS) is 9.07. The minimum atomic E-state index is 1.25. The van der Waals surface area contributed by atoms with Crippen LogP contribution in [-0.2, 0) is 6.42 Å². The Labute approximate surface area is 89.4 Å². The average Bonchev–Trinajstić information content (AvgIpc) is 2.29. The predicted octanol–water partition coefficient (Wildman–Crippen LogP) is 4.84. The van der Waals surface area contributed by atoms with Crippen molar-refractivity contribution in [2.75, 3.05) is 0 Å². The van der Waals surface area contributed by atoms with Gasteiger partial charge in [0.15, 0.2) is 0 Å². The maximum absolute atomic E-state index is 2.25. The van der Waals surface area contributed by atoms with Crippen LogP contribution in [0.1, 0.15) is 52.0 Å². The van der Waals surface area contributed by atoms with Crippen LogP contribution in [0.25, 0.3) is 0 Å². The van der Waals surface area contributed by atoms with Gasteiger partial charge < -0.3 is 0 Å². The van der Waals surface area contributed by atoms with E-state index in [-0.39, 0.29) is 0 Å². The van der Waals surface area contributed by atoms with Crippen LogP contribution in [0.2, 0.25) is 0 Å². The number of rotatable bonds is 5. The largest absolute Gasteiger partial charge is 0.0683 e. The van der Waals surface area contributed by atoms with Crippen LogP contribution in [-0.4, -0.2) is 0 Å². The Balaban J connectivity index is 0.000000791. The third-order valence-corrected chi connectivity index (χ3v) is 2.16. The highest BCUT2D eigenvalue weighted by Gasteiger charge is 1.90. The van der Waals surface area contributed by atoms with Crippen molar-refractivity contribution >= 4 is 0 Å². The summed E-state index contributed by atoms with van der Waals surface area (Å²) in [6, 6.07) is 10.7. The first-order chi connectivity index (χ1) is 6.93. The molecule has 0 spiro atoms. The fourth-order valence-corrected chi connectivity index (χ4v) is 1.40. The lowest BCUT2D eigenvalue weighted by Crippen LogP contribution is -1.84. The zero-order chi connectivity index (χ0) is 10.6. The van der Waals surface area contributed by atoms with Gasteiger partial charge in [0.05, 0.1) is 0 Å². The summed E-state index contributed by atoms with van der Waals surface area (Å²) in [4.78, 5) is 0. The van der Waals surface area contributed by atoms with E-state index in [1.165, 1.54) is 37.7 Å². The van der Waals surface area contributed by atoms with Gasteiger partial charge in [0, 0.05) is 0 Å². The van der Waals surface area contributed by atoms with Crippen molar-refractivity contribution in [1.29, 1.82) is 0 Å². The van der Waals surface area contributed by atoms with E-state index < -0.39 is 0 Å². The maximum Gasteiger partial charge on any atom is -0.0279 e. The summed E-state index contributed by atoms with van der Waals surface area (Å²) in [5.41, 5.74) is 1.48. The molecule has 0 aliphatic rings. The molecule has 0 atom stereocenters. The van der Waals surface area contributed by atoms with Crippen molar-refractivity contribution in [3.05, 3.63) is 35.9 Å². The van der Waals surface area contributed by atoms with E-state index in [1.807, 2.05) is 13.8 Å². The molecule has 0 radical (unpaired) electrons. The van der Waals surface area contributed by atoms with Gasteiger partial charge in [-0.25, -0.2) is 0 Å². The number of hydrogen-bond donors (Lipinski definition) is 0. The van der Waals surface area contributed by atoms with Gasteiger partial charge in [-0.1, -0.05) is 70.4 Å². The Kier molecular flexibility index (Phi) is 9.73. The molecule has 1 aromatic rings. The number of hydrogen-bond acceptors (Lipinski definition) is 0. The molecule has 1 rings (SSSR count). The van der Waals surface area contributed by atoms with Crippen molar-refractivity contribution in [3.8, 4) is 0 Å². The number of aryl methyl sites for hydroxylation is 1. The minimum absolute atomic E-state index is 1.25. The lowest BCUT2D eigenvalue weighted by molar-refractivity contribution is 0.667. The van der Waals surface area contributed by atoms with Gasteiger partial charge in [0.2, 0.25) is 0 Å². The zero-order valence-corrected chi connectivity index (χ0v) is 9.92. The Morgan fingerprint density at radius 1 is 0.857 bits per heavy atom. The molecule has 0 nitrogen and oxygen atoms in total. The van der Waals surface area contributed by atoms with E-state index >= 15 is 0 Å². The monoisotopic (exact) mass is 192 g/mol. The molecule has 0 heterocycles. The molecule has 0 saturated carbocycles. The van der Waals surface area contributed by atoms with Crippen molar-refractivity contribution in [2.24, 2.45) is 0 Å². The average molecular weight is 192 g/mol. The summed E-state index contributed by atoms with van der Waals surface area (Å²) >= 11 is 0. The summed E-state index contributed by atoms with van der Waals surface area (Å²) in [7, 11) is 0. The molecule has 0 bridgehead atoms. The smallest absolute Gasteiger partial charge is 0.0279 e. The molecule has 0 aliphatic carbocycles. The standard InChI is InChI=1S/C12H18.C2H6/c1-2-3-4-6-9-12-10-7-5-8-11-12;1-2/h5,7-8,10-11H,2-4,6,9H2,1H3;1-2H3. The molecule has 80 valence electrons. The van der Waals surface area contributed by atoms with Crippen molar-refractivity contribution in [1.82, 2.24) is 0 Å². The summed E-state index contributed by atoms with van der Waals surface area (Å²) < 4.78 is 0. The predicted molar refractivity (Wildman–Crippen MR) is 65.6 cm³/mol. The molecule has 0 aromatic heterocycles. The molecule has 0 amide bonds. The van der Waals surface area contributed by atoms with E-state index in [0.717, 1.165) is 0 Å². The molecular weight excluding hydrogens is 168 g/mol. The summed E-state index contributed by atoms with van der Waals surface area (Å²) in [6.45, 7) is 6.25. The van der Waals surface area contributed by atoms with Gasteiger partial charge in [0.25, 0.3) is 0 Å². The lowest BCUT2D eigenvalue weighted by Gasteiger charge is -1.99. The van der Waals surface area contributed by atoms with Gasteiger partial charge in [-0.15, -0.1) is 0 Å². The van der Waals surface area contributed by atoms with Crippen LogP contribution in [0.5, 0.6) is 0 Å². The van der Waals surface area contributed by atoms with Crippen LogP contribution in [0.4, 0.5) is 0 Å². The van der Waals surface area contributed by atoms with E-state index in [0.29, 0.717) is 0 Å².